The lowest BCUT2D eigenvalue weighted by Gasteiger charge is -2.47. The zero-order valence-electron chi connectivity index (χ0n) is 24.5. The minimum absolute atomic E-state index is 0.0567. The second kappa shape index (κ2) is 12.1. The SMILES string of the molecule is CCc1cc(C(C)N(C)C(=O)N2CCN3C(=O)C(CCO)(CCO)CC3C2c2ccc(O)cc2C)cc(C(F)(F)F)c1. The summed E-state index contributed by atoms with van der Waals surface area (Å²) < 4.78 is 41.0. The zero-order valence-corrected chi connectivity index (χ0v) is 24.5. The van der Waals surface area contributed by atoms with Gasteiger partial charge < -0.3 is 30.0 Å². The molecule has 230 valence electrons. The lowest BCUT2D eigenvalue weighted by molar-refractivity contribution is -0.140. The number of aromatic hydroxyl groups is 1. The van der Waals surface area contributed by atoms with Crippen LogP contribution in [0.4, 0.5) is 18.0 Å². The lowest BCUT2D eigenvalue weighted by Crippen LogP contribution is -2.57. The first-order valence-corrected chi connectivity index (χ1v) is 14.3. The predicted molar refractivity (Wildman–Crippen MR) is 151 cm³/mol. The van der Waals surface area contributed by atoms with E-state index in [9.17, 15) is 38.1 Å². The van der Waals surface area contributed by atoms with Crippen molar-refractivity contribution in [1.82, 2.24) is 14.7 Å². The summed E-state index contributed by atoms with van der Waals surface area (Å²) >= 11 is 0. The highest BCUT2D eigenvalue weighted by molar-refractivity contribution is 5.86. The van der Waals surface area contributed by atoms with Crippen LogP contribution in [0.2, 0.25) is 0 Å². The Kier molecular flexibility index (Phi) is 9.13. The van der Waals surface area contributed by atoms with E-state index in [-0.39, 0.29) is 50.8 Å². The molecular weight excluding hydrogens is 551 g/mol. The minimum Gasteiger partial charge on any atom is -0.508 e. The Hall–Kier alpha value is -3.31. The van der Waals surface area contributed by atoms with E-state index in [0.29, 0.717) is 24.0 Å². The molecule has 0 aliphatic carbocycles. The van der Waals surface area contributed by atoms with Crippen molar-refractivity contribution in [3.63, 3.8) is 0 Å². The van der Waals surface area contributed by atoms with E-state index in [2.05, 4.69) is 0 Å². The van der Waals surface area contributed by atoms with Gasteiger partial charge in [-0.05, 0) is 86.1 Å². The number of carbonyl (C=O) groups excluding carboxylic acids is 2. The number of aryl methyl sites for hydroxylation is 2. The molecule has 4 rings (SSSR count). The fraction of sp³-hybridized carbons (Fsp3) is 0.548. The summed E-state index contributed by atoms with van der Waals surface area (Å²) in [6.45, 7) is 5.25. The molecule has 11 heteroatoms. The van der Waals surface area contributed by atoms with Crippen molar-refractivity contribution in [2.24, 2.45) is 5.41 Å². The van der Waals surface area contributed by atoms with Gasteiger partial charge in [0, 0.05) is 33.4 Å². The van der Waals surface area contributed by atoms with Crippen LogP contribution >= 0.6 is 0 Å². The van der Waals surface area contributed by atoms with Gasteiger partial charge in [0.25, 0.3) is 0 Å². The first-order valence-electron chi connectivity index (χ1n) is 14.3. The molecule has 2 aliphatic rings. The molecule has 8 nitrogen and oxygen atoms in total. The van der Waals surface area contributed by atoms with Gasteiger partial charge in [0.15, 0.2) is 0 Å². The van der Waals surface area contributed by atoms with Gasteiger partial charge in [-0.3, -0.25) is 4.79 Å². The van der Waals surface area contributed by atoms with Gasteiger partial charge in [0.05, 0.1) is 29.1 Å². The van der Waals surface area contributed by atoms with Crippen molar-refractivity contribution in [3.05, 3.63) is 64.2 Å². The average Bonchev–Trinajstić information content (AvgIpc) is 3.22. The summed E-state index contributed by atoms with van der Waals surface area (Å²) in [6, 6.07) is 6.59. The third kappa shape index (κ3) is 5.81. The monoisotopic (exact) mass is 591 g/mol. The molecule has 0 aromatic heterocycles. The summed E-state index contributed by atoms with van der Waals surface area (Å²) in [5.74, 6) is -0.108. The van der Waals surface area contributed by atoms with E-state index in [1.54, 1.807) is 48.9 Å². The maximum Gasteiger partial charge on any atom is 0.416 e. The molecule has 3 amide bonds. The van der Waals surface area contributed by atoms with E-state index in [1.165, 1.54) is 11.0 Å². The minimum atomic E-state index is -4.52. The van der Waals surface area contributed by atoms with E-state index < -0.39 is 41.3 Å². The number of hydrogen-bond donors (Lipinski definition) is 3. The van der Waals surface area contributed by atoms with Crippen molar-refractivity contribution < 1.29 is 38.1 Å². The number of fused-ring (bicyclic) bond motifs is 1. The summed E-state index contributed by atoms with van der Waals surface area (Å²) in [7, 11) is 1.56. The van der Waals surface area contributed by atoms with Crippen molar-refractivity contribution >= 4 is 11.9 Å². The Labute approximate surface area is 244 Å². The van der Waals surface area contributed by atoms with Crippen LogP contribution in [0.25, 0.3) is 0 Å². The highest BCUT2D eigenvalue weighted by Gasteiger charge is 2.56. The van der Waals surface area contributed by atoms with Crippen molar-refractivity contribution in [2.75, 3.05) is 33.4 Å². The molecule has 3 atom stereocenters. The van der Waals surface area contributed by atoms with Crippen molar-refractivity contribution in [2.45, 2.75) is 70.8 Å². The normalized spacial score (nSPS) is 20.9. The van der Waals surface area contributed by atoms with Crippen LogP contribution in [0.15, 0.2) is 36.4 Å². The molecule has 3 N–H and O–H groups in total. The largest absolute Gasteiger partial charge is 0.508 e. The average molecular weight is 592 g/mol. The fourth-order valence-electron chi connectivity index (χ4n) is 6.64. The number of amides is 3. The van der Waals surface area contributed by atoms with Crippen LogP contribution in [-0.2, 0) is 17.4 Å². The molecule has 0 saturated carbocycles. The highest BCUT2D eigenvalue weighted by atomic mass is 19.4. The number of piperazine rings is 1. The van der Waals surface area contributed by atoms with Crippen LogP contribution in [0.5, 0.6) is 5.75 Å². The topological polar surface area (TPSA) is 105 Å². The van der Waals surface area contributed by atoms with Gasteiger partial charge >= 0.3 is 12.2 Å². The first kappa shape index (κ1) is 31.6. The molecular formula is C31H40F3N3O5. The van der Waals surface area contributed by atoms with Gasteiger partial charge in [0.2, 0.25) is 5.91 Å². The van der Waals surface area contributed by atoms with Gasteiger partial charge in [-0.2, -0.15) is 13.2 Å². The summed E-state index contributed by atoms with van der Waals surface area (Å²) in [6.07, 6.45) is -3.44. The molecule has 3 unspecified atom stereocenters. The fourth-order valence-corrected chi connectivity index (χ4v) is 6.64. The van der Waals surface area contributed by atoms with E-state index in [0.717, 1.165) is 23.3 Å². The smallest absolute Gasteiger partial charge is 0.416 e. The second-order valence-corrected chi connectivity index (χ2v) is 11.6. The van der Waals surface area contributed by atoms with E-state index >= 15 is 0 Å². The van der Waals surface area contributed by atoms with Gasteiger partial charge in [-0.25, -0.2) is 4.79 Å². The number of urea groups is 1. The number of hydrogen-bond acceptors (Lipinski definition) is 5. The molecule has 0 radical (unpaired) electrons. The first-order chi connectivity index (χ1) is 19.8. The van der Waals surface area contributed by atoms with Crippen LogP contribution in [0.3, 0.4) is 0 Å². The number of phenolic OH excluding ortho intramolecular Hbond substituents is 1. The molecule has 2 aliphatic heterocycles. The van der Waals surface area contributed by atoms with Crippen molar-refractivity contribution in [3.8, 4) is 5.75 Å². The summed E-state index contributed by atoms with van der Waals surface area (Å²) in [4.78, 5) is 32.7. The Balaban J connectivity index is 1.74. The number of alkyl halides is 3. The third-order valence-corrected chi connectivity index (χ3v) is 9.11. The Morgan fingerprint density at radius 1 is 1.12 bits per heavy atom. The Bertz CT molecular complexity index is 1310. The summed E-state index contributed by atoms with van der Waals surface area (Å²) in [5, 5.41) is 29.7. The molecule has 42 heavy (non-hydrogen) atoms. The van der Waals surface area contributed by atoms with E-state index in [4.69, 9.17) is 0 Å². The van der Waals surface area contributed by atoms with Crippen LogP contribution < -0.4 is 0 Å². The van der Waals surface area contributed by atoms with Crippen LogP contribution in [-0.4, -0.2) is 81.4 Å². The van der Waals surface area contributed by atoms with Gasteiger partial charge in [0.1, 0.15) is 5.75 Å². The standard InChI is InChI=1S/C31H40F3N3O5/c1-5-21-15-22(17-23(16-21)31(32,33)34)20(3)35(4)29(42)37-11-10-36-26(18-30(8-12-38,9-13-39)28(36)41)27(37)25-7-6-24(40)14-19(25)2/h6-7,14-17,20,26-27,38-40H,5,8-13,18H2,1-4H3. The highest BCUT2D eigenvalue weighted by Crippen LogP contribution is 2.49. The zero-order chi connectivity index (χ0) is 31.0. The molecule has 0 bridgehead atoms. The molecule has 2 heterocycles. The lowest BCUT2D eigenvalue weighted by atomic mass is 9.77. The predicted octanol–water partition coefficient (Wildman–Crippen LogP) is 4.80. The number of carbonyl (C=O) groups is 2. The summed E-state index contributed by atoms with van der Waals surface area (Å²) in [5.41, 5.74) is 0.617. The Morgan fingerprint density at radius 2 is 1.79 bits per heavy atom. The molecule has 2 aromatic rings. The molecule has 2 aromatic carbocycles. The number of rotatable bonds is 8. The van der Waals surface area contributed by atoms with Gasteiger partial charge in [-0.1, -0.05) is 19.1 Å². The maximum atomic E-state index is 14.2. The molecule has 0 spiro atoms. The Morgan fingerprint density at radius 3 is 2.36 bits per heavy atom. The molecule has 2 fully saturated rings. The molecule has 2 saturated heterocycles. The number of nitrogens with zero attached hydrogens (tertiary/aromatic N) is 3. The number of aliphatic hydroxyl groups excluding tert-OH is 2. The number of phenols is 1. The van der Waals surface area contributed by atoms with Crippen LogP contribution in [0, 0.1) is 12.3 Å². The van der Waals surface area contributed by atoms with Crippen molar-refractivity contribution in [1.29, 1.82) is 0 Å². The van der Waals surface area contributed by atoms with E-state index in [1.807, 2.05) is 6.92 Å². The third-order valence-electron chi connectivity index (χ3n) is 9.11. The number of halogens is 3. The number of aliphatic hydroxyl groups is 2. The number of benzene rings is 2. The maximum absolute atomic E-state index is 14.2. The second-order valence-electron chi connectivity index (χ2n) is 11.6. The quantitative estimate of drug-likeness (QED) is 0.409. The van der Waals surface area contributed by atoms with Crippen LogP contribution in [0.1, 0.15) is 73.0 Å². The van der Waals surface area contributed by atoms with Gasteiger partial charge in [-0.15, -0.1) is 0 Å².